The van der Waals surface area contributed by atoms with Gasteiger partial charge in [0.15, 0.2) is 0 Å². The molecule has 1 heterocycles. The largest absolute Gasteiger partial charge is 0.495 e. The van der Waals surface area contributed by atoms with E-state index in [1.165, 1.54) is 0 Å². The molecule has 0 saturated heterocycles. The van der Waals surface area contributed by atoms with Crippen molar-refractivity contribution in [3.8, 4) is 5.75 Å². The second-order valence-corrected chi connectivity index (χ2v) is 4.98. The van der Waals surface area contributed by atoms with Crippen LogP contribution in [0.2, 0.25) is 0 Å². The van der Waals surface area contributed by atoms with Crippen LogP contribution in [-0.2, 0) is 0 Å². The maximum Gasteiger partial charge on any atom is 0.143 e. The molecule has 0 aliphatic carbocycles. The van der Waals surface area contributed by atoms with Crippen molar-refractivity contribution in [3.63, 3.8) is 0 Å². The number of nitrogens with zero attached hydrogens (tertiary/aromatic N) is 2. The number of ether oxygens (including phenoxy) is 1. The minimum Gasteiger partial charge on any atom is -0.495 e. The summed E-state index contributed by atoms with van der Waals surface area (Å²) in [5, 5.41) is 11.0. The molecule has 0 spiro atoms. The molecule has 0 saturated carbocycles. The molecule has 1 aromatic rings. The van der Waals surface area contributed by atoms with E-state index in [1.54, 1.807) is 13.3 Å². The van der Waals surface area contributed by atoms with Crippen molar-refractivity contribution in [2.24, 2.45) is 0 Å². The normalized spacial score (nSPS) is 13.6. The molecule has 1 rings (SSSR count). The standard InChI is InChI=1S/C16H28N2O2/c1-6-16(7-2,18(8-3)9-4)15(19)14-13(20-5)11-10-12-17-14/h10-12,15,19H,6-9H2,1-5H3. The number of aliphatic hydroxyl groups excluding tert-OH is 1. The molecule has 0 aliphatic heterocycles. The molecule has 0 aliphatic rings. The van der Waals surface area contributed by atoms with E-state index in [1.807, 2.05) is 12.1 Å². The van der Waals surface area contributed by atoms with Gasteiger partial charge >= 0.3 is 0 Å². The van der Waals surface area contributed by atoms with E-state index in [9.17, 15) is 5.11 Å². The zero-order valence-electron chi connectivity index (χ0n) is 13.4. The summed E-state index contributed by atoms with van der Waals surface area (Å²) < 4.78 is 5.36. The van der Waals surface area contributed by atoms with Gasteiger partial charge in [0.2, 0.25) is 0 Å². The SMILES string of the molecule is CCN(CC)C(CC)(CC)C(O)c1ncccc1OC. The molecule has 0 bridgehead atoms. The van der Waals surface area contributed by atoms with Crippen molar-refractivity contribution in [2.45, 2.75) is 52.2 Å². The number of pyridine rings is 1. The number of rotatable bonds is 8. The Morgan fingerprint density at radius 3 is 2.30 bits per heavy atom. The second kappa shape index (κ2) is 7.60. The highest BCUT2D eigenvalue weighted by molar-refractivity contribution is 5.30. The van der Waals surface area contributed by atoms with Gasteiger partial charge in [0.1, 0.15) is 17.5 Å². The Bertz CT molecular complexity index is 401. The lowest BCUT2D eigenvalue weighted by molar-refractivity contribution is -0.0397. The average Bonchev–Trinajstić information content (AvgIpc) is 2.52. The van der Waals surface area contributed by atoms with E-state index >= 15 is 0 Å². The lowest BCUT2D eigenvalue weighted by Gasteiger charge is -2.45. The van der Waals surface area contributed by atoms with Crippen LogP contribution in [-0.4, -0.2) is 40.7 Å². The maximum absolute atomic E-state index is 11.0. The smallest absolute Gasteiger partial charge is 0.143 e. The zero-order valence-corrected chi connectivity index (χ0v) is 13.4. The summed E-state index contributed by atoms with van der Waals surface area (Å²) >= 11 is 0. The summed E-state index contributed by atoms with van der Waals surface area (Å²) in [5.74, 6) is 0.651. The fraction of sp³-hybridized carbons (Fsp3) is 0.688. The molecule has 0 aromatic carbocycles. The predicted molar refractivity (Wildman–Crippen MR) is 82.0 cm³/mol. The van der Waals surface area contributed by atoms with Crippen LogP contribution in [0.4, 0.5) is 0 Å². The van der Waals surface area contributed by atoms with Crippen LogP contribution in [0.25, 0.3) is 0 Å². The summed E-state index contributed by atoms with van der Waals surface area (Å²) in [7, 11) is 1.62. The third-order valence-electron chi connectivity index (χ3n) is 4.41. The molecule has 1 atom stereocenters. The fourth-order valence-electron chi connectivity index (χ4n) is 3.15. The van der Waals surface area contributed by atoms with Gasteiger partial charge in [0.25, 0.3) is 0 Å². The van der Waals surface area contributed by atoms with Crippen LogP contribution in [0.3, 0.4) is 0 Å². The van der Waals surface area contributed by atoms with Gasteiger partial charge in [-0.05, 0) is 38.1 Å². The van der Waals surface area contributed by atoms with Crippen molar-refractivity contribution in [1.82, 2.24) is 9.88 Å². The predicted octanol–water partition coefficient (Wildman–Crippen LogP) is 3.02. The molecular formula is C16H28N2O2. The molecule has 1 aromatic heterocycles. The molecule has 4 nitrogen and oxygen atoms in total. The van der Waals surface area contributed by atoms with Crippen molar-refractivity contribution < 1.29 is 9.84 Å². The molecule has 0 fully saturated rings. The van der Waals surface area contributed by atoms with Crippen molar-refractivity contribution in [1.29, 1.82) is 0 Å². The summed E-state index contributed by atoms with van der Waals surface area (Å²) in [6.07, 6.45) is 2.78. The lowest BCUT2D eigenvalue weighted by Crippen LogP contribution is -2.52. The van der Waals surface area contributed by atoms with E-state index in [-0.39, 0.29) is 5.54 Å². The maximum atomic E-state index is 11.0. The van der Waals surface area contributed by atoms with Crippen LogP contribution in [0.1, 0.15) is 52.3 Å². The van der Waals surface area contributed by atoms with Crippen LogP contribution in [0, 0.1) is 0 Å². The van der Waals surface area contributed by atoms with Crippen molar-refractivity contribution in [3.05, 3.63) is 24.0 Å². The van der Waals surface area contributed by atoms with Crippen LogP contribution in [0.5, 0.6) is 5.75 Å². The van der Waals surface area contributed by atoms with Gasteiger partial charge in [-0.3, -0.25) is 9.88 Å². The first-order chi connectivity index (χ1) is 9.61. The topological polar surface area (TPSA) is 45.6 Å². The number of aliphatic hydroxyl groups is 1. The number of likely N-dealkylation sites (N-methyl/N-ethyl adjacent to an activating group) is 1. The van der Waals surface area contributed by atoms with E-state index in [0.29, 0.717) is 11.4 Å². The van der Waals surface area contributed by atoms with Crippen LogP contribution < -0.4 is 4.74 Å². The highest BCUT2D eigenvalue weighted by Crippen LogP contribution is 2.39. The minimum absolute atomic E-state index is 0.300. The summed E-state index contributed by atoms with van der Waals surface area (Å²) in [4.78, 5) is 6.69. The fourth-order valence-corrected chi connectivity index (χ4v) is 3.15. The monoisotopic (exact) mass is 280 g/mol. The van der Waals surface area contributed by atoms with Gasteiger partial charge in [-0.1, -0.05) is 27.7 Å². The van der Waals surface area contributed by atoms with E-state index < -0.39 is 6.10 Å². The van der Waals surface area contributed by atoms with E-state index in [0.717, 1.165) is 25.9 Å². The Hall–Kier alpha value is -1.13. The van der Waals surface area contributed by atoms with Crippen molar-refractivity contribution >= 4 is 0 Å². The number of hydrogen-bond acceptors (Lipinski definition) is 4. The van der Waals surface area contributed by atoms with E-state index in [2.05, 4.69) is 37.6 Å². The summed E-state index contributed by atoms with van der Waals surface area (Å²) in [6.45, 7) is 10.3. The average molecular weight is 280 g/mol. The third-order valence-corrected chi connectivity index (χ3v) is 4.41. The quantitative estimate of drug-likeness (QED) is 0.795. The van der Waals surface area contributed by atoms with Gasteiger partial charge in [0, 0.05) is 6.20 Å². The second-order valence-electron chi connectivity index (χ2n) is 4.98. The highest BCUT2D eigenvalue weighted by Gasteiger charge is 2.41. The molecule has 1 N–H and O–H groups in total. The van der Waals surface area contributed by atoms with Gasteiger partial charge < -0.3 is 9.84 Å². The first kappa shape index (κ1) is 16.9. The van der Waals surface area contributed by atoms with Gasteiger partial charge in [-0.25, -0.2) is 0 Å². The Morgan fingerprint density at radius 2 is 1.85 bits per heavy atom. The molecule has 0 radical (unpaired) electrons. The lowest BCUT2D eigenvalue weighted by atomic mass is 9.82. The molecular weight excluding hydrogens is 252 g/mol. The Morgan fingerprint density at radius 1 is 1.25 bits per heavy atom. The molecule has 0 amide bonds. The first-order valence-corrected chi connectivity index (χ1v) is 7.53. The molecule has 114 valence electrons. The van der Waals surface area contributed by atoms with Gasteiger partial charge in [0.05, 0.1) is 12.6 Å². The number of methoxy groups -OCH3 is 1. The number of hydrogen-bond donors (Lipinski definition) is 1. The Labute approximate surface area is 122 Å². The van der Waals surface area contributed by atoms with Gasteiger partial charge in [-0.15, -0.1) is 0 Å². The summed E-state index contributed by atoms with van der Waals surface area (Å²) in [5.41, 5.74) is 0.330. The summed E-state index contributed by atoms with van der Waals surface area (Å²) in [6, 6.07) is 3.68. The molecule has 4 heteroatoms. The number of aromatic nitrogens is 1. The van der Waals surface area contributed by atoms with E-state index in [4.69, 9.17) is 4.74 Å². The first-order valence-electron chi connectivity index (χ1n) is 7.53. The van der Waals surface area contributed by atoms with Gasteiger partial charge in [-0.2, -0.15) is 0 Å². The minimum atomic E-state index is -0.659. The zero-order chi connectivity index (χ0) is 15.2. The molecule has 20 heavy (non-hydrogen) atoms. The van der Waals surface area contributed by atoms with Crippen molar-refractivity contribution in [2.75, 3.05) is 20.2 Å². The highest BCUT2D eigenvalue weighted by atomic mass is 16.5. The Balaban J connectivity index is 3.26. The third kappa shape index (κ3) is 2.96. The Kier molecular flexibility index (Phi) is 6.43. The van der Waals surface area contributed by atoms with Crippen LogP contribution in [0.15, 0.2) is 18.3 Å². The van der Waals surface area contributed by atoms with Crippen LogP contribution >= 0.6 is 0 Å². The molecule has 1 unspecified atom stereocenters.